The van der Waals surface area contributed by atoms with E-state index in [9.17, 15) is 0 Å². The van der Waals surface area contributed by atoms with Gasteiger partial charge in [0.1, 0.15) is 5.72 Å². The Hall–Kier alpha value is -0.120. The van der Waals surface area contributed by atoms with E-state index in [0.717, 1.165) is 19.6 Å². The number of hydrogen-bond donors (Lipinski definition) is 1. The van der Waals surface area contributed by atoms with E-state index in [4.69, 9.17) is 9.47 Å². The molecular formula is C10H19NO2. The zero-order chi connectivity index (χ0) is 9.53. The van der Waals surface area contributed by atoms with Crippen molar-refractivity contribution in [3.05, 3.63) is 0 Å². The molecule has 0 aromatic carbocycles. The molecule has 0 saturated carbocycles. The lowest BCUT2D eigenvalue weighted by Gasteiger charge is -2.46. The van der Waals surface area contributed by atoms with Crippen LogP contribution in [-0.4, -0.2) is 31.6 Å². The Labute approximate surface area is 79.8 Å². The summed E-state index contributed by atoms with van der Waals surface area (Å²) in [5.74, 6) is 0. The van der Waals surface area contributed by atoms with Gasteiger partial charge < -0.3 is 9.47 Å². The zero-order valence-electron chi connectivity index (χ0n) is 8.72. The summed E-state index contributed by atoms with van der Waals surface area (Å²) in [6, 6.07) is 0. The summed E-state index contributed by atoms with van der Waals surface area (Å²) in [5, 5.41) is 3.47. The van der Waals surface area contributed by atoms with Crippen LogP contribution in [0.1, 0.15) is 27.2 Å². The Bertz CT molecular complexity index is 197. The highest BCUT2D eigenvalue weighted by atomic mass is 16.6. The normalized spacial score (nSPS) is 44.1. The average Bonchev–Trinajstić information content (AvgIpc) is 2.48. The third kappa shape index (κ3) is 1.60. The highest BCUT2D eigenvalue weighted by Crippen LogP contribution is 2.34. The maximum Gasteiger partial charge on any atom is 0.145 e. The summed E-state index contributed by atoms with van der Waals surface area (Å²) >= 11 is 0. The van der Waals surface area contributed by atoms with Crippen LogP contribution in [0.2, 0.25) is 0 Å². The van der Waals surface area contributed by atoms with Gasteiger partial charge in [0.05, 0.1) is 19.3 Å². The molecule has 1 N–H and O–H groups in total. The third-order valence-corrected chi connectivity index (χ3v) is 3.35. The monoisotopic (exact) mass is 185 g/mol. The van der Waals surface area contributed by atoms with Gasteiger partial charge >= 0.3 is 0 Å². The lowest BCUT2D eigenvalue weighted by atomic mass is 9.84. The topological polar surface area (TPSA) is 30.5 Å². The minimum atomic E-state index is -0.172. The van der Waals surface area contributed by atoms with Crippen molar-refractivity contribution < 1.29 is 9.47 Å². The van der Waals surface area contributed by atoms with Crippen LogP contribution in [0, 0.1) is 5.41 Å². The summed E-state index contributed by atoms with van der Waals surface area (Å²) in [7, 11) is 0. The Morgan fingerprint density at radius 1 is 1.38 bits per heavy atom. The van der Waals surface area contributed by atoms with E-state index in [1.54, 1.807) is 0 Å². The van der Waals surface area contributed by atoms with E-state index in [2.05, 4.69) is 26.1 Å². The summed E-state index contributed by atoms with van der Waals surface area (Å²) in [4.78, 5) is 0. The number of hydrogen-bond acceptors (Lipinski definition) is 3. The zero-order valence-corrected chi connectivity index (χ0v) is 8.72. The first-order valence-corrected chi connectivity index (χ1v) is 5.05. The molecule has 0 aromatic heterocycles. The molecular weight excluding hydrogens is 166 g/mol. The molecule has 2 aliphatic rings. The molecule has 0 bridgehead atoms. The Kier molecular flexibility index (Phi) is 2.13. The van der Waals surface area contributed by atoms with Gasteiger partial charge in [-0.3, -0.25) is 5.32 Å². The summed E-state index contributed by atoms with van der Waals surface area (Å²) in [5.41, 5.74) is 0.0583. The predicted molar refractivity (Wildman–Crippen MR) is 50.5 cm³/mol. The first-order valence-electron chi connectivity index (χ1n) is 5.05. The van der Waals surface area contributed by atoms with Gasteiger partial charge in [-0.15, -0.1) is 0 Å². The molecule has 2 aliphatic heterocycles. The van der Waals surface area contributed by atoms with Gasteiger partial charge in [-0.2, -0.15) is 0 Å². The smallest absolute Gasteiger partial charge is 0.145 e. The van der Waals surface area contributed by atoms with Gasteiger partial charge in [0.25, 0.3) is 0 Å². The maximum absolute atomic E-state index is 6.01. The van der Waals surface area contributed by atoms with Crippen LogP contribution in [0.25, 0.3) is 0 Å². The second-order valence-corrected chi connectivity index (χ2v) is 4.90. The second kappa shape index (κ2) is 2.94. The lowest BCUT2D eigenvalue weighted by molar-refractivity contribution is -0.180. The van der Waals surface area contributed by atoms with E-state index in [1.807, 2.05) is 0 Å². The molecule has 0 amide bonds. The van der Waals surface area contributed by atoms with Gasteiger partial charge in [0.15, 0.2) is 0 Å². The SMILES string of the molecule is CC1OC2(CCOC2)NCC1(C)C. The fourth-order valence-corrected chi connectivity index (χ4v) is 1.85. The van der Waals surface area contributed by atoms with Crippen LogP contribution in [0.15, 0.2) is 0 Å². The van der Waals surface area contributed by atoms with E-state index >= 15 is 0 Å². The van der Waals surface area contributed by atoms with Gasteiger partial charge in [-0.25, -0.2) is 0 Å². The summed E-state index contributed by atoms with van der Waals surface area (Å²) in [6.45, 7) is 9.15. The second-order valence-electron chi connectivity index (χ2n) is 4.90. The van der Waals surface area contributed by atoms with Gasteiger partial charge in [-0.05, 0) is 6.92 Å². The molecule has 76 valence electrons. The fraction of sp³-hybridized carbons (Fsp3) is 1.00. The molecule has 3 nitrogen and oxygen atoms in total. The van der Waals surface area contributed by atoms with Crippen molar-refractivity contribution >= 4 is 0 Å². The molecule has 2 fully saturated rings. The standard InChI is InChI=1S/C10H19NO2/c1-8-9(2,3)6-11-10(13-8)4-5-12-7-10/h8,11H,4-7H2,1-3H3. The van der Waals surface area contributed by atoms with Crippen molar-refractivity contribution in [3.8, 4) is 0 Å². The molecule has 0 aromatic rings. The van der Waals surface area contributed by atoms with Gasteiger partial charge in [0, 0.05) is 18.4 Å². The number of rotatable bonds is 0. The van der Waals surface area contributed by atoms with E-state index < -0.39 is 0 Å². The summed E-state index contributed by atoms with van der Waals surface area (Å²) in [6.07, 6.45) is 1.28. The molecule has 3 heteroatoms. The highest BCUT2D eigenvalue weighted by Gasteiger charge is 2.45. The number of nitrogens with one attached hydrogen (secondary N) is 1. The van der Waals surface area contributed by atoms with Crippen LogP contribution < -0.4 is 5.32 Å². The maximum atomic E-state index is 6.01. The van der Waals surface area contributed by atoms with Crippen LogP contribution in [0.5, 0.6) is 0 Å². The lowest BCUT2D eigenvalue weighted by Crippen LogP contribution is -2.61. The van der Waals surface area contributed by atoms with Crippen molar-refractivity contribution in [2.45, 2.75) is 39.0 Å². The van der Waals surface area contributed by atoms with Crippen LogP contribution in [0.4, 0.5) is 0 Å². The van der Waals surface area contributed by atoms with Crippen molar-refractivity contribution in [2.75, 3.05) is 19.8 Å². The Morgan fingerprint density at radius 3 is 2.69 bits per heavy atom. The molecule has 2 heterocycles. The Morgan fingerprint density at radius 2 is 2.15 bits per heavy atom. The summed E-state index contributed by atoms with van der Waals surface area (Å²) < 4.78 is 11.4. The average molecular weight is 185 g/mol. The first kappa shape index (κ1) is 9.44. The molecule has 2 rings (SSSR count). The van der Waals surface area contributed by atoms with Crippen LogP contribution >= 0.6 is 0 Å². The molecule has 13 heavy (non-hydrogen) atoms. The van der Waals surface area contributed by atoms with E-state index in [1.165, 1.54) is 0 Å². The van der Waals surface area contributed by atoms with Crippen molar-refractivity contribution in [1.29, 1.82) is 0 Å². The molecule has 2 unspecified atom stereocenters. The third-order valence-electron chi connectivity index (χ3n) is 3.35. The molecule has 1 spiro atoms. The van der Waals surface area contributed by atoms with Crippen molar-refractivity contribution in [1.82, 2.24) is 5.32 Å². The molecule has 0 aliphatic carbocycles. The minimum Gasteiger partial charge on any atom is -0.377 e. The molecule has 2 atom stereocenters. The quantitative estimate of drug-likeness (QED) is 0.614. The van der Waals surface area contributed by atoms with E-state index in [0.29, 0.717) is 12.7 Å². The molecule has 0 radical (unpaired) electrons. The minimum absolute atomic E-state index is 0.172. The Balaban J connectivity index is 2.06. The first-order chi connectivity index (χ1) is 6.04. The molecule has 2 saturated heterocycles. The van der Waals surface area contributed by atoms with Crippen LogP contribution in [-0.2, 0) is 9.47 Å². The van der Waals surface area contributed by atoms with Crippen molar-refractivity contribution in [2.24, 2.45) is 5.41 Å². The number of ether oxygens (including phenoxy) is 2. The fourth-order valence-electron chi connectivity index (χ4n) is 1.85. The van der Waals surface area contributed by atoms with Gasteiger partial charge in [-0.1, -0.05) is 13.8 Å². The predicted octanol–water partition coefficient (Wildman–Crippen LogP) is 1.14. The van der Waals surface area contributed by atoms with Crippen LogP contribution in [0.3, 0.4) is 0 Å². The van der Waals surface area contributed by atoms with Gasteiger partial charge in [0.2, 0.25) is 0 Å². The van der Waals surface area contributed by atoms with Crippen molar-refractivity contribution in [3.63, 3.8) is 0 Å². The highest BCUT2D eigenvalue weighted by molar-refractivity contribution is 4.93. The van der Waals surface area contributed by atoms with E-state index in [-0.39, 0.29) is 11.1 Å². The largest absolute Gasteiger partial charge is 0.377 e.